The molecule has 17 heavy (non-hydrogen) atoms. The smallest absolute Gasteiger partial charge is 0.306 e. The molecule has 92 valence electrons. The molecule has 0 aromatic heterocycles. The Balaban J connectivity index is 2.20. The van der Waals surface area contributed by atoms with Crippen molar-refractivity contribution in [1.82, 2.24) is 0 Å². The molecule has 4 heteroatoms. The van der Waals surface area contributed by atoms with Crippen LogP contribution in [0.1, 0.15) is 25.3 Å². The van der Waals surface area contributed by atoms with Crippen LogP contribution in [0.15, 0.2) is 24.3 Å². The van der Waals surface area contributed by atoms with Crippen molar-refractivity contribution in [2.24, 2.45) is 5.92 Å². The fraction of sp³-hybridized carbons (Fsp3) is 0.462. The summed E-state index contributed by atoms with van der Waals surface area (Å²) in [5, 5.41) is 19.2. The molecule has 0 atom stereocenters. The van der Waals surface area contributed by atoms with Crippen LogP contribution in [0.4, 0.5) is 0 Å². The fourth-order valence-corrected chi connectivity index (χ4v) is 2.28. The highest BCUT2D eigenvalue weighted by atomic mass is 16.5. The Morgan fingerprint density at radius 1 is 1.47 bits per heavy atom. The number of rotatable bonds is 4. The van der Waals surface area contributed by atoms with Gasteiger partial charge in [0.1, 0.15) is 5.75 Å². The summed E-state index contributed by atoms with van der Waals surface area (Å²) in [7, 11) is 0. The average molecular weight is 236 g/mol. The minimum absolute atomic E-state index is 0.256. The maximum atomic E-state index is 10.8. The first kappa shape index (κ1) is 11.9. The van der Waals surface area contributed by atoms with Gasteiger partial charge < -0.3 is 14.9 Å². The Bertz CT molecular complexity index is 421. The molecule has 0 saturated heterocycles. The van der Waals surface area contributed by atoms with Crippen LogP contribution in [0.5, 0.6) is 5.75 Å². The van der Waals surface area contributed by atoms with Gasteiger partial charge in [-0.2, -0.15) is 0 Å². The van der Waals surface area contributed by atoms with Crippen LogP contribution in [0, 0.1) is 5.92 Å². The summed E-state index contributed by atoms with van der Waals surface area (Å²) in [6.07, 6.45) is 0.513. The maximum absolute atomic E-state index is 10.8. The first-order chi connectivity index (χ1) is 8.07. The van der Waals surface area contributed by atoms with Crippen LogP contribution in [0.3, 0.4) is 0 Å². The SMILES string of the molecule is CCOc1ccccc1C1(O)CC(C(=O)O)C1. The van der Waals surface area contributed by atoms with Crippen molar-refractivity contribution in [3.8, 4) is 5.75 Å². The normalized spacial score (nSPS) is 27.3. The van der Waals surface area contributed by atoms with Crippen molar-refractivity contribution in [2.75, 3.05) is 6.61 Å². The second-order valence-corrected chi connectivity index (χ2v) is 4.40. The molecule has 1 saturated carbocycles. The Morgan fingerprint density at radius 2 is 2.12 bits per heavy atom. The number of hydrogen-bond donors (Lipinski definition) is 2. The van der Waals surface area contributed by atoms with E-state index in [2.05, 4.69) is 0 Å². The number of aliphatic hydroxyl groups is 1. The zero-order valence-corrected chi connectivity index (χ0v) is 9.72. The number of ether oxygens (including phenoxy) is 1. The van der Waals surface area contributed by atoms with Gasteiger partial charge in [0.2, 0.25) is 0 Å². The van der Waals surface area contributed by atoms with E-state index in [4.69, 9.17) is 9.84 Å². The third-order valence-electron chi connectivity index (χ3n) is 3.21. The van der Waals surface area contributed by atoms with Gasteiger partial charge in [0, 0.05) is 5.56 Å². The molecule has 1 aromatic rings. The molecular formula is C13H16O4. The van der Waals surface area contributed by atoms with Gasteiger partial charge >= 0.3 is 5.97 Å². The highest BCUT2D eigenvalue weighted by Gasteiger charge is 2.48. The van der Waals surface area contributed by atoms with Crippen LogP contribution in [-0.2, 0) is 10.4 Å². The second kappa shape index (κ2) is 4.37. The molecule has 1 aromatic carbocycles. The third kappa shape index (κ3) is 2.13. The van der Waals surface area contributed by atoms with Crippen LogP contribution >= 0.6 is 0 Å². The molecule has 0 unspecified atom stereocenters. The quantitative estimate of drug-likeness (QED) is 0.836. The van der Waals surface area contributed by atoms with Gasteiger partial charge in [0.15, 0.2) is 0 Å². The first-order valence-electron chi connectivity index (χ1n) is 5.74. The largest absolute Gasteiger partial charge is 0.493 e. The predicted octanol–water partition coefficient (Wildman–Crippen LogP) is 1.77. The Kier molecular flexibility index (Phi) is 3.07. The number of benzene rings is 1. The van der Waals surface area contributed by atoms with Gasteiger partial charge in [-0.25, -0.2) is 0 Å². The number of hydrogen-bond acceptors (Lipinski definition) is 3. The summed E-state index contributed by atoms with van der Waals surface area (Å²) in [6, 6.07) is 7.25. The van der Waals surface area contributed by atoms with Crippen molar-refractivity contribution < 1.29 is 19.7 Å². The number of para-hydroxylation sites is 1. The standard InChI is InChI=1S/C13H16O4/c1-2-17-11-6-4-3-5-10(11)13(16)7-9(8-13)12(14)15/h3-6,9,16H,2,7-8H2,1H3,(H,14,15). The van der Waals surface area contributed by atoms with Crippen molar-refractivity contribution in [2.45, 2.75) is 25.4 Å². The monoisotopic (exact) mass is 236 g/mol. The van der Waals surface area contributed by atoms with E-state index in [0.29, 0.717) is 17.9 Å². The van der Waals surface area contributed by atoms with Crippen molar-refractivity contribution >= 4 is 5.97 Å². The molecule has 0 heterocycles. The molecule has 4 nitrogen and oxygen atoms in total. The van der Waals surface area contributed by atoms with Crippen molar-refractivity contribution in [1.29, 1.82) is 0 Å². The zero-order chi connectivity index (χ0) is 12.5. The number of aliphatic carboxylic acids is 1. The Morgan fingerprint density at radius 3 is 2.71 bits per heavy atom. The van der Waals surface area contributed by atoms with Gasteiger partial charge in [-0.3, -0.25) is 4.79 Å². The highest BCUT2D eigenvalue weighted by Crippen LogP contribution is 2.48. The topological polar surface area (TPSA) is 66.8 Å². The molecule has 0 aliphatic heterocycles. The van der Waals surface area contributed by atoms with Crippen molar-refractivity contribution in [3.05, 3.63) is 29.8 Å². The van der Waals surface area contributed by atoms with E-state index < -0.39 is 17.5 Å². The Labute approximate surface area is 99.8 Å². The van der Waals surface area contributed by atoms with Gasteiger partial charge in [0.05, 0.1) is 18.1 Å². The number of carbonyl (C=O) groups is 1. The van der Waals surface area contributed by atoms with Crippen LogP contribution < -0.4 is 4.74 Å². The van der Waals surface area contributed by atoms with E-state index >= 15 is 0 Å². The molecule has 1 aliphatic carbocycles. The summed E-state index contributed by atoms with van der Waals surface area (Å²) in [5.74, 6) is -0.653. The van der Waals surface area contributed by atoms with E-state index in [1.54, 1.807) is 12.1 Å². The molecular weight excluding hydrogens is 220 g/mol. The van der Waals surface area contributed by atoms with Gasteiger partial charge in [-0.05, 0) is 25.8 Å². The summed E-state index contributed by atoms with van der Waals surface area (Å²) < 4.78 is 5.45. The number of carboxylic acid groups (broad SMARTS) is 1. The molecule has 0 amide bonds. The lowest BCUT2D eigenvalue weighted by molar-refractivity contribution is -0.159. The minimum atomic E-state index is -1.05. The number of carboxylic acids is 1. The zero-order valence-electron chi connectivity index (χ0n) is 9.72. The van der Waals surface area contributed by atoms with E-state index in [9.17, 15) is 9.90 Å². The maximum Gasteiger partial charge on any atom is 0.306 e. The van der Waals surface area contributed by atoms with Gasteiger partial charge in [0.25, 0.3) is 0 Å². The highest BCUT2D eigenvalue weighted by molar-refractivity contribution is 5.72. The molecule has 2 rings (SSSR count). The van der Waals surface area contributed by atoms with Crippen molar-refractivity contribution in [3.63, 3.8) is 0 Å². The lowest BCUT2D eigenvalue weighted by Gasteiger charge is -2.42. The molecule has 1 aliphatic rings. The second-order valence-electron chi connectivity index (χ2n) is 4.40. The lowest BCUT2D eigenvalue weighted by atomic mass is 9.67. The summed E-state index contributed by atoms with van der Waals surface area (Å²) in [6.45, 7) is 2.40. The minimum Gasteiger partial charge on any atom is -0.493 e. The lowest BCUT2D eigenvalue weighted by Crippen LogP contribution is -2.44. The molecule has 2 N–H and O–H groups in total. The average Bonchev–Trinajstić information content (AvgIpc) is 2.26. The molecule has 1 fully saturated rings. The molecule has 0 radical (unpaired) electrons. The van der Waals surface area contributed by atoms with E-state index in [1.807, 2.05) is 19.1 Å². The summed E-state index contributed by atoms with van der Waals surface area (Å²) in [5.41, 5.74) is -0.353. The van der Waals surface area contributed by atoms with Gasteiger partial charge in [-0.15, -0.1) is 0 Å². The van der Waals surface area contributed by atoms with Crippen LogP contribution in [-0.4, -0.2) is 22.8 Å². The van der Waals surface area contributed by atoms with E-state index in [1.165, 1.54) is 0 Å². The van der Waals surface area contributed by atoms with Crippen LogP contribution in [0.2, 0.25) is 0 Å². The first-order valence-corrected chi connectivity index (χ1v) is 5.74. The fourth-order valence-electron chi connectivity index (χ4n) is 2.28. The van der Waals surface area contributed by atoms with E-state index in [-0.39, 0.29) is 12.8 Å². The summed E-state index contributed by atoms with van der Waals surface area (Å²) in [4.78, 5) is 10.8. The third-order valence-corrected chi connectivity index (χ3v) is 3.21. The van der Waals surface area contributed by atoms with Gasteiger partial charge in [-0.1, -0.05) is 18.2 Å². The molecule has 0 bridgehead atoms. The van der Waals surface area contributed by atoms with E-state index in [0.717, 1.165) is 0 Å². The van der Waals surface area contributed by atoms with Crippen LogP contribution in [0.25, 0.3) is 0 Å². The predicted molar refractivity (Wildman–Crippen MR) is 61.9 cm³/mol. The Hall–Kier alpha value is -1.55. The molecule has 0 spiro atoms. The summed E-state index contributed by atoms with van der Waals surface area (Å²) >= 11 is 0.